The highest BCUT2D eigenvalue weighted by molar-refractivity contribution is 5.27. The number of nitrogens with two attached hydrogens (primary N) is 1. The smallest absolute Gasteiger partial charge is 0.119 e. The van der Waals surface area contributed by atoms with Gasteiger partial charge >= 0.3 is 0 Å². The van der Waals surface area contributed by atoms with Gasteiger partial charge in [0.1, 0.15) is 18.5 Å². The van der Waals surface area contributed by atoms with Crippen LogP contribution in [0.2, 0.25) is 0 Å². The largest absolute Gasteiger partial charge is 0.491 e. The zero-order valence-electron chi connectivity index (χ0n) is 13.0. The van der Waals surface area contributed by atoms with Crippen LogP contribution in [0.1, 0.15) is 31.7 Å². The van der Waals surface area contributed by atoms with Crippen molar-refractivity contribution in [3.05, 3.63) is 29.8 Å². The fraction of sp³-hybridized carbons (Fsp3) is 0.647. The van der Waals surface area contributed by atoms with E-state index < -0.39 is 6.10 Å². The standard InChI is InChI=1S/C17H28N2O2/c1-2-3-15-8-9-19(11-15)12-16(20)13-21-17-6-4-14(10-18)5-7-17/h4-7,15-16,20H,2-3,8-13,18H2,1H3. The molecule has 1 aliphatic heterocycles. The molecule has 0 bridgehead atoms. The summed E-state index contributed by atoms with van der Waals surface area (Å²) in [6.45, 7) is 6.05. The van der Waals surface area contributed by atoms with Gasteiger partial charge in [-0.25, -0.2) is 0 Å². The maximum atomic E-state index is 10.1. The van der Waals surface area contributed by atoms with Crippen LogP contribution in [0.15, 0.2) is 24.3 Å². The molecule has 118 valence electrons. The maximum absolute atomic E-state index is 10.1. The lowest BCUT2D eigenvalue weighted by Gasteiger charge is -2.20. The fourth-order valence-corrected chi connectivity index (χ4v) is 2.99. The molecule has 0 saturated carbocycles. The third kappa shape index (κ3) is 5.30. The van der Waals surface area contributed by atoms with E-state index >= 15 is 0 Å². The number of likely N-dealkylation sites (tertiary alicyclic amines) is 1. The van der Waals surface area contributed by atoms with Crippen LogP contribution in [0, 0.1) is 5.92 Å². The highest BCUT2D eigenvalue weighted by Crippen LogP contribution is 2.21. The second-order valence-corrected chi connectivity index (χ2v) is 6.02. The summed E-state index contributed by atoms with van der Waals surface area (Å²) in [6.07, 6.45) is 3.39. The molecule has 2 unspecified atom stereocenters. The van der Waals surface area contributed by atoms with Crippen LogP contribution in [-0.2, 0) is 6.54 Å². The first-order chi connectivity index (χ1) is 10.2. The quantitative estimate of drug-likeness (QED) is 0.769. The Morgan fingerprint density at radius 3 is 2.81 bits per heavy atom. The molecule has 2 atom stereocenters. The summed E-state index contributed by atoms with van der Waals surface area (Å²) >= 11 is 0. The summed E-state index contributed by atoms with van der Waals surface area (Å²) in [6, 6.07) is 7.72. The Morgan fingerprint density at radius 2 is 2.14 bits per heavy atom. The number of ether oxygens (including phenoxy) is 1. The second kappa shape index (κ2) is 8.37. The number of nitrogens with zero attached hydrogens (tertiary/aromatic N) is 1. The van der Waals surface area contributed by atoms with Crippen molar-refractivity contribution < 1.29 is 9.84 Å². The third-order valence-electron chi connectivity index (χ3n) is 4.14. The molecule has 1 saturated heterocycles. The topological polar surface area (TPSA) is 58.7 Å². The molecule has 2 rings (SSSR count). The summed E-state index contributed by atoms with van der Waals surface area (Å²) < 4.78 is 5.63. The minimum atomic E-state index is -0.431. The molecule has 1 heterocycles. The van der Waals surface area contributed by atoms with E-state index in [9.17, 15) is 5.11 Å². The van der Waals surface area contributed by atoms with Gasteiger partial charge in [0, 0.05) is 19.6 Å². The van der Waals surface area contributed by atoms with Crippen molar-refractivity contribution in [1.82, 2.24) is 4.90 Å². The van der Waals surface area contributed by atoms with Crippen molar-refractivity contribution >= 4 is 0 Å². The van der Waals surface area contributed by atoms with Gasteiger partial charge in [-0.1, -0.05) is 25.5 Å². The van der Waals surface area contributed by atoms with E-state index in [1.54, 1.807) is 0 Å². The second-order valence-electron chi connectivity index (χ2n) is 6.02. The van der Waals surface area contributed by atoms with Crippen LogP contribution >= 0.6 is 0 Å². The molecule has 1 aromatic carbocycles. The van der Waals surface area contributed by atoms with Crippen molar-refractivity contribution in [1.29, 1.82) is 0 Å². The Labute approximate surface area is 127 Å². The van der Waals surface area contributed by atoms with Crippen LogP contribution in [-0.4, -0.2) is 42.4 Å². The number of aliphatic hydroxyl groups excluding tert-OH is 1. The number of β-amino-alcohol motifs (C(OH)–C–C–N with tert-alkyl or cyclic N) is 1. The third-order valence-corrected chi connectivity index (χ3v) is 4.14. The molecule has 0 radical (unpaired) electrons. The average Bonchev–Trinajstić information content (AvgIpc) is 2.93. The first-order valence-corrected chi connectivity index (χ1v) is 8.03. The normalized spacial score (nSPS) is 20.6. The molecular formula is C17H28N2O2. The van der Waals surface area contributed by atoms with Gasteiger partial charge in [-0.3, -0.25) is 0 Å². The SMILES string of the molecule is CCCC1CCN(CC(O)COc2ccc(CN)cc2)C1. The van der Waals surface area contributed by atoms with Crippen LogP contribution in [0.5, 0.6) is 5.75 Å². The number of benzene rings is 1. The first-order valence-electron chi connectivity index (χ1n) is 8.03. The number of hydrogen-bond donors (Lipinski definition) is 2. The van der Waals surface area contributed by atoms with Crippen LogP contribution in [0.3, 0.4) is 0 Å². The molecular weight excluding hydrogens is 264 g/mol. The summed E-state index contributed by atoms with van der Waals surface area (Å²) in [5, 5.41) is 10.1. The minimum Gasteiger partial charge on any atom is -0.491 e. The van der Waals surface area contributed by atoms with Gasteiger partial charge in [-0.05, 0) is 43.0 Å². The molecule has 1 fully saturated rings. The zero-order valence-corrected chi connectivity index (χ0v) is 13.0. The predicted octanol–water partition coefficient (Wildman–Crippen LogP) is 2.01. The molecule has 4 nitrogen and oxygen atoms in total. The molecule has 1 aliphatic rings. The van der Waals surface area contributed by atoms with Crippen LogP contribution in [0.4, 0.5) is 0 Å². The molecule has 0 aliphatic carbocycles. The Morgan fingerprint density at radius 1 is 1.38 bits per heavy atom. The lowest BCUT2D eigenvalue weighted by atomic mass is 10.0. The van der Waals surface area contributed by atoms with E-state index in [1.807, 2.05) is 24.3 Å². The van der Waals surface area contributed by atoms with E-state index in [1.165, 1.54) is 19.3 Å². The number of rotatable bonds is 8. The molecule has 0 aromatic heterocycles. The van der Waals surface area contributed by atoms with E-state index in [2.05, 4.69) is 11.8 Å². The lowest BCUT2D eigenvalue weighted by Crippen LogP contribution is -2.34. The van der Waals surface area contributed by atoms with Gasteiger partial charge in [-0.2, -0.15) is 0 Å². The van der Waals surface area contributed by atoms with Gasteiger partial charge in [-0.15, -0.1) is 0 Å². The number of hydrogen-bond acceptors (Lipinski definition) is 4. The van der Waals surface area contributed by atoms with Gasteiger partial charge in [0.25, 0.3) is 0 Å². The number of aliphatic hydroxyl groups is 1. The Kier molecular flexibility index (Phi) is 6.49. The van der Waals surface area contributed by atoms with Crippen molar-refractivity contribution in [3.8, 4) is 5.75 Å². The molecule has 0 amide bonds. The van der Waals surface area contributed by atoms with Gasteiger partial charge in [0.2, 0.25) is 0 Å². The Bertz CT molecular complexity index is 408. The van der Waals surface area contributed by atoms with Crippen molar-refractivity contribution in [2.24, 2.45) is 11.7 Å². The maximum Gasteiger partial charge on any atom is 0.119 e. The van der Waals surface area contributed by atoms with Gasteiger partial charge in [0.15, 0.2) is 0 Å². The molecule has 4 heteroatoms. The van der Waals surface area contributed by atoms with E-state index in [0.29, 0.717) is 19.7 Å². The molecule has 0 spiro atoms. The lowest BCUT2D eigenvalue weighted by molar-refractivity contribution is 0.0746. The summed E-state index contributed by atoms with van der Waals surface area (Å²) in [5.74, 6) is 1.60. The van der Waals surface area contributed by atoms with Crippen LogP contribution in [0.25, 0.3) is 0 Å². The van der Waals surface area contributed by atoms with Crippen molar-refractivity contribution in [2.45, 2.75) is 38.8 Å². The Hall–Kier alpha value is -1.10. The molecule has 1 aromatic rings. The monoisotopic (exact) mass is 292 g/mol. The van der Waals surface area contributed by atoms with E-state index in [-0.39, 0.29) is 0 Å². The van der Waals surface area contributed by atoms with Crippen molar-refractivity contribution in [2.75, 3.05) is 26.2 Å². The van der Waals surface area contributed by atoms with Gasteiger partial charge in [0.05, 0.1) is 0 Å². The zero-order chi connectivity index (χ0) is 15.1. The summed E-state index contributed by atoms with van der Waals surface area (Å²) in [5.41, 5.74) is 6.64. The first kappa shape index (κ1) is 16.3. The minimum absolute atomic E-state index is 0.344. The van der Waals surface area contributed by atoms with Gasteiger partial charge < -0.3 is 20.5 Å². The van der Waals surface area contributed by atoms with E-state index in [0.717, 1.165) is 30.3 Å². The summed E-state index contributed by atoms with van der Waals surface area (Å²) in [7, 11) is 0. The van der Waals surface area contributed by atoms with E-state index in [4.69, 9.17) is 10.5 Å². The fourth-order valence-electron chi connectivity index (χ4n) is 2.99. The van der Waals surface area contributed by atoms with Crippen LogP contribution < -0.4 is 10.5 Å². The molecule has 21 heavy (non-hydrogen) atoms. The Balaban J connectivity index is 1.68. The average molecular weight is 292 g/mol. The predicted molar refractivity (Wildman–Crippen MR) is 85.3 cm³/mol. The highest BCUT2D eigenvalue weighted by Gasteiger charge is 2.23. The molecule has 3 N–H and O–H groups in total. The highest BCUT2D eigenvalue weighted by atomic mass is 16.5. The van der Waals surface area contributed by atoms with Crippen molar-refractivity contribution in [3.63, 3.8) is 0 Å². The summed E-state index contributed by atoms with van der Waals surface area (Å²) in [4.78, 5) is 2.35.